The van der Waals surface area contributed by atoms with Crippen LogP contribution in [0.3, 0.4) is 0 Å². The number of aromatic nitrogens is 2. The molecule has 0 aliphatic rings. The molecule has 0 saturated heterocycles. The van der Waals surface area contributed by atoms with Crippen LogP contribution >= 0.6 is 11.3 Å². The van der Waals surface area contributed by atoms with Gasteiger partial charge in [0.25, 0.3) is 0 Å². The Kier molecular flexibility index (Phi) is 2.74. The van der Waals surface area contributed by atoms with Gasteiger partial charge in [0.2, 0.25) is 0 Å². The molecule has 0 aliphatic heterocycles. The molecular formula is C10H10N2O3S. The van der Waals surface area contributed by atoms with Gasteiger partial charge >= 0.3 is 5.97 Å². The van der Waals surface area contributed by atoms with E-state index in [-0.39, 0.29) is 5.56 Å². The van der Waals surface area contributed by atoms with E-state index in [2.05, 4.69) is 10.1 Å². The molecule has 2 rings (SSSR count). The molecule has 0 bridgehead atoms. The van der Waals surface area contributed by atoms with Gasteiger partial charge in [0.05, 0.1) is 9.88 Å². The zero-order chi connectivity index (χ0) is 11.7. The predicted octanol–water partition coefficient (Wildman–Crippen LogP) is 2.37. The Balaban J connectivity index is 2.57. The number of aryl methyl sites for hydroxylation is 2. The average Bonchev–Trinajstić information content (AvgIpc) is 2.82. The van der Waals surface area contributed by atoms with E-state index in [0.29, 0.717) is 17.9 Å². The van der Waals surface area contributed by atoms with Crippen LogP contribution in [0.15, 0.2) is 10.7 Å². The maximum absolute atomic E-state index is 11.1. The predicted molar refractivity (Wildman–Crippen MR) is 58.7 cm³/mol. The van der Waals surface area contributed by atoms with E-state index in [1.165, 1.54) is 11.3 Å². The van der Waals surface area contributed by atoms with Crippen molar-refractivity contribution in [3.8, 4) is 10.6 Å². The fraction of sp³-hybridized carbons (Fsp3) is 0.300. The number of hydrogen-bond acceptors (Lipinski definition) is 5. The minimum Gasteiger partial charge on any atom is -0.477 e. The van der Waals surface area contributed by atoms with Gasteiger partial charge in [-0.15, -0.1) is 11.3 Å². The lowest BCUT2D eigenvalue weighted by Crippen LogP contribution is -2.00. The van der Waals surface area contributed by atoms with Crippen LogP contribution in [-0.2, 0) is 6.42 Å². The molecule has 2 aromatic rings. The highest BCUT2D eigenvalue weighted by atomic mass is 32.1. The summed E-state index contributed by atoms with van der Waals surface area (Å²) >= 11 is 1.40. The Labute approximate surface area is 95.7 Å². The van der Waals surface area contributed by atoms with Crippen LogP contribution in [0.1, 0.15) is 28.0 Å². The van der Waals surface area contributed by atoms with Crippen molar-refractivity contribution in [3.63, 3.8) is 0 Å². The van der Waals surface area contributed by atoms with Crippen molar-refractivity contribution in [2.75, 3.05) is 0 Å². The fourth-order valence-corrected chi connectivity index (χ4v) is 2.19. The third-order valence-corrected chi connectivity index (χ3v) is 3.07. The Hall–Kier alpha value is -1.69. The molecule has 6 heteroatoms. The first kappa shape index (κ1) is 10.8. The number of carboxylic acid groups (broad SMARTS) is 1. The largest absolute Gasteiger partial charge is 0.477 e. The van der Waals surface area contributed by atoms with Gasteiger partial charge in [0.15, 0.2) is 5.76 Å². The summed E-state index contributed by atoms with van der Waals surface area (Å²) in [7, 11) is 0. The number of thiazole rings is 1. The highest BCUT2D eigenvalue weighted by Gasteiger charge is 2.23. The first-order valence-electron chi connectivity index (χ1n) is 4.78. The highest BCUT2D eigenvalue weighted by Crippen LogP contribution is 2.30. The summed E-state index contributed by atoms with van der Waals surface area (Å²) in [6.07, 6.45) is 2.12. The van der Waals surface area contributed by atoms with E-state index in [1.54, 1.807) is 6.20 Å². The molecule has 0 saturated carbocycles. The molecule has 0 radical (unpaired) electrons. The van der Waals surface area contributed by atoms with E-state index < -0.39 is 5.97 Å². The van der Waals surface area contributed by atoms with Crippen molar-refractivity contribution in [2.45, 2.75) is 20.3 Å². The number of nitrogens with zero attached hydrogens (tertiary/aromatic N) is 2. The molecular weight excluding hydrogens is 228 g/mol. The number of carboxylic acids is 1. The summed E-state index contributed by atoms with van der Waals surface area (Å²) in [6, 6.07) is 0. The minimum atomic E-state index is -1.01. The quantitative estimate of drug-likeness (QED) is 0.888. The monoisotopic (exact) mass is 238 g/mol. The highest BCUT2D eigenvalue weighted by molar-refractivity contribution is 7.15. The first-order chi connectivity index (χ1) is 7.63. The summed E-state index contributed by atoms with van der Waals surface area (Å²) in [5.41, 5.74) is 0.515. The Morgan fingerprint density at radius 3 is 2.88 bits per heavy atom. The van der Waals surface area contributed by atoms with Crippen LogP contribution in [0.2, 0.25) is 0 Å². The minimum absolute atomic E-state index is 0.145. The maximum atomic E-state index is 11.1. The summed E-state index contributed by atoms with van der Waals surface area (Å²) in [4.78, 5) is 15.9. The molecule has 16 heavy (non-hydrogen) atoms. The van der Waals surface area contributed by atoms with Gasteiger partial charge in [0, 0.05) is 12.6 Å². The SMILES string of the molecule is CCc1onc(-c2cnc(C)s2)c1C(=O)O. The van der Waals surface area contributed by atoms with Crippen LogP contribution in [-0.4, -0.2) is 21.2 Å². The molecule has 0 amide bonds. The third-order valence-electron chi connectivity index (χ3n) is 2.15. The molecule has 0 aromatic carbocycles. The van der Waals surface area contributed by atoms with Gasteiger partial charge in [-0.1, -0.05) is 12.1 Å². The lowest BCUT2D eigenvalue weighted by Gasteiger charge is -1.93. The molecule has 2 aromatic heterocycles. The molecule has 0 fully saturated rings. The second-order valence-electron chi connectivity index (χ2n) is 3.23. The van der Waals surface area contributed by atoms with Crippen molar-refractivity contribution < 1.29 is 14.4 Å². The lowest BCUT2D eigenvalue weighted by molar-refractivity contribution is 0.0695. The summed E-state index contributed by atoms with van der Waals surface area (Å²) in [5, 5.41) is 13.8. The van der Waals surface area contributed by atoms with Gasteiger partial charge in [-0.2, -0.15) is 0 Å². The van der Waals surface area contributed by atoms with Gasteiger partial charge in [-0.05, 0) is 6.92 Å². The Morgan fingerprint density at radius 1 is 1.62 bits per heavy atom. The zero-order valence-corrected chi connectivity index (χ0v) is 9.67. The molecule has 1 N–H and O–H groups in total. The molecule has 0 unspecified atom stereocenters. The van der Waals surface area contributed by atoms with Gasteiger partial charge < -0.3 is 9.63 Å². The van der Waals surface area contributed by atoms with Crippen LogP contribution in [0.4, 0.5) is 0 Å². The maximum Gasteiger partial charge on any atom is 0.341 e. The van der Waals surface area contributed by atoms with Crippen molar-refractivity contribution in [2.24, 2.45) is 0 Å². The standard InChI is InChI=1S/C10H10N2O3S/c1-3-6-8(10(13)14)9(12-15-6)7-4-11-5(2)16-7/h4H,3H2,1-2H3,(H,13,14). The second-order valence-corrected chi connectivity index (χ2v) is 4.47. The topological polar surface area (TPSA) is 76.2 Å². The number of carbonyl (C=O) groups is 1. The molecule has 2 heterocycles. The van der Waals surface area contributed by atoms with E-state index in [0.717, 1.165) is 9.88 Å². The van der Waals surface area contributed by atoms with Crippen molar-refractivity contribution >= 4 is 17.3 Å². The summed E-state index contributed by atoms with van der Waals surface area (Å²) in [6.45, 7) is 3.68. The number of hydrogen-bond donors (Lipinski definition) is 1. The van der Waals surface area contributed by atoms with Gasteiger partial charge in [-0.3, -0.25) is 0 Å². The lowest BCUT2D eigenvalue weighted by atomic mass is 10.1. The van der Waals surface area contributed by atoms with Crippen LogP contribution in [0.25, 0.3) is 10.6 Å². The van der Waals surface area contributed by atoms with E-state index in [4.69, 9.17) is 9.63 Å². The summed E-state index contributed by atoms with van der Waals surface area (Å²) in [5.74, 6) is -0.618. The van der Waals surface area contributed by atoms with Crippen molar-refractivity contribution in [1.82, 2.24) is 10.1 Å². The Bertz CT molecular complexity index is 530. The van der Waals surface area contributed by atoms with Gasteiger partial charge in [0.1, 0.15) is 11.3 Å². The zero-order valence-electron chi connectivity index (χ0n) is 8.85. The third kappa shape index (κ3) is 1.71. The fourth-order valence-electron chi connectivity index (χ4n) is 1.42. The van der Waals surface area contributed by atoms with E-state index >= 15 is 0 Å². The average molecular weight is 238 g/mol. The van der Waals surface area contributed by atoms with E-state index in [9.17, 15) is 4.79 Å². The molecule has 5 nitrogen and oxygen atoms in total. The smallest absolute Gasteiger partial charge is 0.341 e. The van der Waals surface area contributed by atoms with E-state index in [1.807, 2.05) is 13.8 Å². The van der Waals surface area contributed by atoms with Crippen LogP contribution in [0, 0.1) is 6.92 Å². The second kappa shape index (κ2) is 4.05. The van der Waals surface area contributed by atoms with Crippen molar-refractivity contribution in [1.29, 1.82) is 0 Å². The molecule has 0 atom stereocenters. The Morgan fingerprint density at radius 2 is 2.38 bits per heavy atom. The first-order valence-corrected chi connectivity index (χ1v) is 5.59. The van der Waals surface area contributed by atoms with Crippen molar-refractivity contribution in [3.05, 3.63) is 22.5 Å². The van der Waals surface area contributed by atoms with Crippen LogP contribution < -0.4 is 0 Å². The molecule has 0 aliphatic carbocycles. The van der Waals surface area contributed by atoms with Crippen LogP contribution in [0.5, 0.6) is 0 Å². The molecule has 0 spiro atoms. The number of aromatic carboxylic acids is 1. The van der Waals surface area contributed by atoms with Gasteiger partial charge in [-0.25, -0.2) is 9.78 Å². The normalized spacial score (nSPS) is 10.6. The molecule has 84 valence electrons. The summed E-state index contributed by atoms with van der Waals surface area (Å²) < 4.78 is 5.02. The number of rotatable bonds is 3.